The Morgan fingerprint density at radius 1 is 1.33 bits per heavy atom. The van der Waals surface area contributed by atoms with Crippen molar-refractivity contribution in [3.8, 4) is 11.8 Å². The van der Waals surface area contributed by atoms with E-state index in [0.29, 0.717) is 18.0 Å². The summed E-state index contributed by atoms with van der Waals surface area (Å²) in [6, 6.07) is 3.61. The van der Waals surface area contributed by atoms with Crippen LogP contribution >= 0.6 is 11.3 Å². The molecule has 0 aliphatic carbocycles. The molecule has 2 rings (SSSR count). The number of nitrogens with zero attached hydrogens (tertiary/aromatic N) is 1. The molecule has 1 saturated heterocycles. The summed E-state index contributed by atoms with van der Waals surface area (Å²) in [6.07, 6.45) is 0. The minimum atomic E-state index is -0.353. The number of rotatable bonds is 1. The van der Waals surface area contributed by atoms with E-state index in [2.05, 4.69) is 11.8 Å². The monoisotopic (exact) mass is 307 g/mol. The maximum atomic E-state index is 12.6. The van der Waals surface area contributed by atoms with Crippen LogP contribution in [0.2, 0.25) is 0 Å². The molecule has 0 atom stereocenters. The fourth-order valence-corrected chi connectivity index (χ4v) is 3.58. The summed E-state index contributed by atoms with van der Waals surface area (Å²) in [5.74, 6) is 5.44. The van der Waals surface area contributed by atoms with E-state index in [9.17, 15) is 4.79 Å². The van der Waals surface area contributed by atoms with E-state index in [1.54, 1.807) is 6.07 Å². The molecule has 2 heterocycles. The second-order valence-corrected chi connectivity index (χ2v) is 7.49. The largest absolute Gasteiger partial charge is 0.384 e. The highest BCUT2D eigenvalue weighted by Crippen LogP contribution is 2.30. The highest BCUT2D eigenvalue weighted by molar-refractivity contribution is 7.14. The highest BCUT2D eigenvalue weighted by atomic mass is 32.1. The topological polar surface area (TPSA) is 49.8 Å². The van der Waals surface area contributed by atoms with E-state index >= 15 is 0 Å². The summed E-state index contributed by atoms with van der Waals surface area (Å²) in [6.45, 7) is 8.98. The van der Waals surface area contributed by atoms with Crippen molar-refractivity contribution in [3.63, 3.8) is 0 Å². The molecule has 4 nitrogen and oxygen atoms in total. The number of carbonyl (C=O) groups is 1. The smallest absolute Gasteiger partial charge is 0.264 e. The lowest BCUT2D eigenvalue weighted by Gasteiger charge is -2.47. The molecule has 114 valence electrons. The minimum absolute atomic E-state index is 0.0153. The molecule has 1 amide bonds. The number of thiophene rings is 1. The maximum Gasteiger partial charge on any atom is 0.264 e. The van der Waals surface area contributed by atoms with Gasteiger partial charge in [0.2, 0.25) is 0 Å². The van der Waals surface area contributed by atoms with Crippen molar-refractivity contribution in [1.82, 2.24) is 4.90 Å². The fourth-order valence-electron chi connectivity index (χ4n) is 2.73. The Labute approximate surface area is 129 Å². The molecule has 1 aromatic heterocycles. The SMILES string of the molecule is CC1(C)CN(C(=O)c2ccc(C#CCO)s2)CC(C)(C)O1. The van der Waals surface area contributed by atoms with Crippen molar-refractivity contribution in [3.05, 3.63) is 21.9 Å². The Bertz CT molecular complexity index is 576. The average molecular weight is 307 g/mol. The van der Waals surface area contributed by atoms with Crippen molar-refractivity contribution < 1.29 is 14.6 Å². The third-order valence-corrected chi connectivity index (χ3v) is 4.08. The van der Waals surface area contributed by atoms with Crippen LogP contribution in [0.4, 0.5) is 0 Å². The third-order valence-electron chi connectivity index (χ3n) is 3.09. The predicted molar refractivity (Wildman–Crippen MR) is 83.4 cm³/mol. The molecular weight excluding hydrogens is 286 g/mol. The van der Waals surface area contributed by atoms with Gasteiger partial charge in [-0.2, -0.15) is 0 Å². The van der Waals surface area contributed by atoms with Gasteiger partial charge in [-0.05, 0) is 39.8 Å². The summed E-state index contributed by atoms with van der Waals surface area (Å²) in [7, 11) is 0. The van der Waals surface area contributed by atoms with Crippen LogP contribution in [0.15, 0.2) is 12.1 Å². The first-order valence-electron chi connectivity index (χ1n) is 6.91. The average Bonchev–Trinajstić information content (AvgIpc) is 2.80. The fraction of sp³-hybridized carbons (Fsp3) is 0.562. The van der Waals surface area contributed by atoms with Crippen LogP contribution in [0.1, 0.15) is 42.2 Å². The van der Waals surface area contributed by atoms with Crippen molar-refractivity contribution >= 4 is 17.2 Å². The van der Waals surface area contributed by atoms with Crippen LogP contribution in [0, 0.1) is 11.8 Å². The van der Waals surface area contributed by atoms with Gasteiger partial charge in [0.15, 0.2) is 0 Å². The lowest BCUT2D eigenvalue weighted by atomic mass is 9.99. The van der Waals surface area contributed by atoms with Crippen LogP contribution in [0.3, 0.4) is 0 Å². The van der Waals surface area contributed by atoms with Gasteiger partial charge in [0, 0.05) is 13.1 Å². The summed E-state index contributed by atoms with van der Waals surface area (Å²) >= 11 is 1.36. The van der Waals surface area contributed by atoms with Gasteiger partial charge in [-0.1, -0.05) is 11.8 Å². The molecule has 0 aromatic carbocycles. The molecule has 1 aliphatic heterocycles. The Kier molecular flexibility index (Phi) is 4.43. The predicted octanol–water partition coefficient (Wildman–Crippen LogP) is 2.12. The molecule has 0 unspecified atom stereocenters. The van der Waals surface area contributed by atoms with Gasteiger partial charge < -0.3 is 14.7 Å². The van der Waals surface area contributed by atoms with Crippen LogP contribution in [0.5, 0.6) is 0 Å². The summed E-state index contributed by atoms with van der Waals surface area (Å²) in [4.78, 5) is 16.0. The highest BCUT2D eigenvalue weighted by Gasteiger charge is 2.40. The Balaban J connectivity index is 2.17. The van der Waals surface area contributed by atoms with Crippen molar-refractivity contribution in [2.75, 3.05) is 19.7 Å². The van der Waals surface area contributed by atoms with Gasteiger partial charge in [0.25, 0.3) is 5.91 Å². The van der Waals surface area contributed by atoms with E-state index in [1.807, 2.05) is 38.7 Å². The quantitative estimate of drug-likeness (QED) is 0.809. The molecule has 0 radical (unpaired) electrons. The van der Waals surface area contributed by atoms with Crippen molar-refractivity contribution in [1.29, 1.82) is 0 Å². The van der Waals surface area contributed by atoms with E-state index in [-0.39, 0.29) is 23.7 Å². The number of aliphatic hydroxyl groups is 1. The lowest BCUT2D eigenvalue weighted by molar-refractivity contribution is -0.171. The van der Waals surface area contributed by atoms with Gasteiger partial charge in [-0.25, -0.2) is 0 Å². The summed E-state index contributed by atoms with van der Waals surface area (Å²) in [5, 5.41) is 8.70. The van der Waals surface area contributed by atoms with Crippen molar-refractivity contribution in [2.45, 2.75) is 38.9 Å². The molecule has 1 aliphatic rings. The Hall–Kier alpha value is -1.35. The number of aliphatic hydroxyl groups excluding tert-OH is 1. The van der Waals surface area contributed by atoms with Crippen LogP contribution in [-0.2, 0) is 4.74 Å². The first-order chi connectivity index (χ1) is 9.72. The standard InChI is InChI=1S/C16H21NO3S/c1-15(2)10-17(11-16(3,4)20-15)14(19)13-8-7-12(21-13)6-5-9-18/h7-8,18H,9-11H2,1-4H3. The second kappa shape index (κ2) is 5.80. The molecule has 1 N–H and O–H groups in total. The minimum Gasteiger partial charge on any atom is -0.384 e. The normalized spacial score (nSPS) is 19.8. The van der Waals surface area contributed by atoms with E-state index in [1.165, 1.54) is 11.3 Å². The van der Waals surface area contributed by atoms with E-state index < -0.39 is 0 Å². The molecular formula is C16H21NO3S. The Morgan fingerprint density at radius 2 is 1.95 bits per heavy atom. The van der Waals surface area contributed by atoms with Gasteiger partial charge in [-0.3, -0.25) is 4.79 Å². The number of hydrogen-bond donors (Lipinski definition) is 1. The summed E-state index contributed by atoms with van der Waals surface area (Å²) < 4.78 is 6.00. The van der Waals surface area contributed by atoms with Gasteiger partial charge in [0.05, 0.1) is 21.0 Å². The lowest BCUT2D eigenvalue weighted by Crippen LogP contribution is -2.58. The van der Waals surface area contributed by atoms with Crippen LogP contribution < -0.4 is 0 Å². The molecule has 5 heteroatoms. The van der Waals surface area contributed by atoms with Crippen molar-refractivity contribution in [2.24, 2.45) is 0 Å². The number of morpholine rings is 1. The molecule has 0 saturated carbocycles. The zero-order valence-electron chi connectivity index (χ0n) is 12.9. The number of ether oxygens (including phenoxy) is 1. The first-order valence-corrected chi connectivity index (χ1v) is 7.73. The van der Waals surface area contributed by atoms with Gasteiger partial charge in [0.1, 0.15) is 6.61 Å². The van der Waals surface area contributed by atoms with Crippen LogP contribution in [-0.4, -0.2) is 46.8 Å². The second-order valence-electron chi connectivity index (χ2n) is 6.41. The molecule has 0 spiro atoms. The third kappa shape index (κ3) is 4.07. The molecule has 0 bridgehead atoms. The Morgan fingerprint density at radius 3 is 2.52 bits per heavy atom. The summed E-state index contributed by atoms with van der Waals surface area (Å²) in [5.41, 5.74) is -0.706. The van der Waals surface area contributed by atoms with E-state index in [0.717, 1.165) is 4.88 Å². The molecule has 1 fully saturated rings. The zero-order chi connectivity index (χ0) is 15.7. The first kappa shape index (κ1) is 16.0. The maximum absolute atomic E-state index is 12.6. The number of carbonyl (C=O) groups excluding carboxylic acids is 1. The molecule has 1 aromatic rings. The van der Waals surface area contributed by atoms with Gasteiger partial charge >= 0.3 is 0 Å². The number of amides is 1. The molecule has 21 heavy (non-hydrogen) atoms. The van der Waals surface area contributed by atoms with Crippen LogP contribution in [0.25, 0.3) is 0 Å². The van der Waals surface area contributed by atoms with E-state index in [4.69, 9.17) is 9.84 Å². The van der Waals surface area contributed by atoms with Gasteiger partial charge in [-0.15, -0.1) is 11.3 Å². The number of hydrogen-bond acceptors (Lipinski definition) is 4. The zero-order valence-corrected chi connectivity index (χ0v) is 13.7.